The summed E-state index contributed by atoms with van der Waals surface area (Å²) in [6.07, 6.45) is 0. The summed E-state index contributed by atoms with van der Waals surface area (Å²) < 4.78 is 2.37. The molecule has 2 N–H and O–H groups in total. The molecule has 0 spiro atoms. The number of aromatic carboxylic acids is 1. The zero-order valence-corrected chi connectivity index (χ0v) is 20.6. The fourth-order valence-electron chi connectivity index (χ4n) is 3.95. The van der Waals surface area contributed by atoms with Gasteiger partial charge in [0.25, 0.3) is 0 Å². The van der Waals surface area contributed by atoms with Crippen LogP contribution in [0.25, 0.3) is 27.5 Å². The predicted molar refractivity (Wildman–Crippen MR) is 132 cm³/mol. The van der Waals surface area contributed by atoms with Crippen molar-refractivity contribution < 1.29 is 15.0 Å². The van der Waals surface area contributed by atoms with Gasteiger partial charge in [-0.05, 0) is 42.7 Å². The van der Waals surface area contributed by atoms with E-state index in [-0.39, 0.29) is 17.6 Å². The van der Waals surface area contributed by atoms with Gasteiger partial charge in [0.2, 0.25) is 5.13 Å². The van der Waals surface area contributed by atoms with Gasteiger partial charge >= 0.3 is 5.97 Å². The molecule has 0 fully saturated rings. The minimum atomic E-state index is -1.10. The highest BCUT2D eigenvalue weighted by Gasteiger charge is 2.30. The highest BCUT2D eigenvalue weighted by molar-refractivity contribution is 8.01. The number of nitrogens with zero attached hydrogens (tertiary/aromatic N) is 3. The fourth-order valence-corrected chi connectivity index (χ4v) is 6.82. The lowest BCUT2D eigenvalue weighted by Crippen LogP contribution is -2.09. The average Bonchev–Trinajstić information content (AvgIpc) is 3.36. The van der Waals surface area contributed by atoms with Gasteiger partial charge < -0.3 is 10.2 Å². The molecule has 4 aromatic rings. The number of thiazole rings is 1. The van der Waals surface area contributed by atoms with Gasteiger partial charge in [0.05, 0.1) is 32.2 Å². The van der Waals surface area contributed by atoms with Gasteiger partial charge in [-0.2, -0.15) is 9.78 Å². The standard InChI is InChI=1S/C23H17Cl2N3O3S2/c1-10-18(13-5-3-12(9-29)4-6-13)20(21(30)31)28(27-10)23-26-19-15-8-17(25)16(24)7-14(15)11(2)32-22(19)33-23/h3-8,11,29H,9H2,1-2H3,(H,30,31). The SMILES string of the molecule is Cc1nn(-c2nc3c(s2)SC(C)c2cc(Cl)c(Cl)cc2-3)c(C(=O)O)c1-c1ccc(CO)cc1. The topological polar surface area (TPSA) is 88.2 Å². The van der Waals surface area contributed by atoms with Crippen LogP contribution in [0, 0.1) is 6.92 Å². The van der Waals surface area contributed by atoms with Crippen molar-refractivity contribution in [2.45, 2.75) is 29.9 Å². The molecule has 33 heavy (non-hydrogen) atoms. The van der Waals surface area contributed by atoms with Gasteiger partial charge in [0.15, 0.2) is 5.69 Å². The summed E-state index contributed by atoms with van der Waals surface area (Å²) >= 11 is 15.6. The number of rotatable bonds is 4. The van der Waals surface area contributed by atoms with Gasteiger partial charge in [-0.3, -0.25) is 0 Å². The van der Waals surface area contributed by atoms with E-state index in [0.29, 0.717) is 32.0 Å². The van der Waals surface area contributed by atoms with E-state index in [4.69, 9.17) is 28.2 Å². The van der Waals surface area contributed by atoms with Crippen LogP contribution in [0.2, 0.25) is 10.0 Å². The molecule has 0 aliphatic carbocycles. The first kappa shape index (κ1) is 22.4. The second-order valence-electron chi connectivity index (χ2n) is 7.63. The first-order valence-electron chi connectivity index (χ1n) is 9.98. The van der Waals surface area contributed by atoms with Crippen molar-refractivity contribution in [3.05, 3.63) is 69.0 Å². The van der Waals surface area contributed by atoms with Crippen LogP contribution < -0.4 is 0 Å². The third kappa shape index (κ3) is 3.76. The van der Waals surface area contributed by atoms with Crippen molar-refractivity contribution in [3.63, 3.8) is 0 Å². The van der Waals surface area contributed by atoms with E-state index in [9.17, 15) is 15.0 Å². The molecule has 3 heterocycles. The molecule has 2 aromatic carbocycles. The lowest BCUT2D eigenvalue weighted by Gasteiger charge is -2.21. The van der Waals surface area contributed by atoms with Crippen LogP contribution in [-0.4, -0.2) is 30.9 Å². The van der Waals surface area contributed by atoms with Crippen LogP contribution in [0.3, 0.4) is 0 Å². The summed E-state index contributed by atoms with van der Waals surface area (Å²) in [6.45, 7) is 3.78. The summed E-state index contributed by atoms with van der Waals surface area (Å²) in [7, 11) is 0. The Balaban J connectivity index is 1.67. The molecule has 0 saturated carbocycles. The van der Waals surface area contributed by atoms with Crippen LogP contribution in [-0.2, 0) is 6.61 Å². The van der Waals surface area contributed by atoms with Crippen LogP contribution >= 0.6 is 46.3 Å². The number of thioether (sulfide) groups is 1. The van der Waals surface area contributed by atoms with Gasteiger partial charge in [0, 0.05) is 16.4 Å². The van der Waals surface area contributed by atoms with Crippen molar-refractivity contribution in [1.29, 1.82) is 0 Å². The highest BCUT2D eigenvalue weighted by Crippen LogP contribution is 2.53. The number of carbonyl (C=O) groups is 1. The van der Waals surface area contributed by atoms with Crippen molar-refractivity contribution in [2.75, 3.05) is 0 Å². The first-order chi connectivity index (χ1) is 15.8. The molecule has 0 saturated heterocycles. The molecule has 2 aromatic heterocycles. The van der Waals surface area contributed by atoms with Gasteiger partial charge in [-0.25, -0.2) is 9.78 Å². The highest BCUT2D eigenvalue weighted by atomic mass is 35.5. The van der Waals surface area contributed by atoms with E-state index < -0.39 is 5.97 Å². The Bertz CT molecular complexity index is 1410. The number of halogens is 2. The van der Waals surface area contributed by atoms with Crippen molar-refractivity contribution in [2.24, 2.45) is 0 Å². The number of aliphatic hydroxyl groups excluding tert-OH is 1. The third-order valence-corrected chi connectivity index (χ3v) is 8.62. The van der Waals surface area contributed by atoms with E-state index in [0.717, 1.165) is 26.6 Å². The minimum Gasteiger partial charge on any atom is -0.476 e. The van der Waals surface area contributed by atoms with Gasteiger partial charge in [-0.15, -0.1) is 11.8 Å². The zero-order chi connectivity index (χ0) is 23.4. The van der Waals surface area contributed by atoms with E-state index in [2.05, 4.69) is 12.0 Å². The second kappa shape index (κ2) is 8.45. The number of carboxylic acid groups (broad SMARTS) is 1. The molecule has 6 nitrogen and oxygen atoms in total. The zero-order valence-electron chi connectivity index (χ0n) is 17.5. The summed E-state index contributed by atoms with van der Waals surface area (Å²) in [6, 6.07) is 10.8. The minimum absolute atomic E-state index is 0.0442. The van der Waals surface area contributed by atoms with E-state index in [1.54, 1.807) is 43.0 Å². The molecule has 0 radical (unpaired) electrons. The number of hydrogen-bond donors (Lipinski definition) is 2. The number of benzene rings is 2. The lowest BCUT2D eigenvalue weighted by atomic mass is 10.0. The molecule has 0 bridgehead atoms. The molecule has 1 aliphatic rings. The maximum atomic E-state index is 12.3. The number of aryl methyl sites for hydroxylation is 1. The number of carboxylic acids is 1. The van der Waals surface area contributed by atoms with Crippen LogP contribution in [0.4, 0.5) is 0 Å². The molecule has 5 rings (SSSR count). The molecular formula is C23H17Cl2N3O3S2. The Hall–Kier alpha value is -2.36. The Kier molecular flexibility index (Phi) is 5.74. The number of hydrogen-bond acceptors (Lipinski definition) is 6. The largest absolute Gasteiger partial charge is 0.476 e. The molecule has 0 amide bonds. The van der Waals surface area contributed by atoms with Crippen molar-refractivity contribution in [1.82, 2.24) is 14.8 Å². The van der Waals surface area contributed by atoms with Gasteiger partial charge in [0.1, 0.15) is 0 Å². The molecule has 1 unspecified atom stereocenters. The Morgan fingerprint density at radius 2 is 1.88 bits per heavy atom. The summed E-state index contributed by atoms with van der Waals surface area (Å²) in [4.78, 5) is 17.1. The number of aliphatic hydroxyl groups is 1. The predicted octanol–water partition coefficient (Wildman–Crippen LogP) is 6.64. The van der Waals surface area contributed by atoms with Gasteiger partial charge in [-0.1, -0.05) is 58.8 Å². The van der Waals surface area contributed by atoms with Crippen LogP contribution in [0.15, 0.2) is 40.6 Å². The smallest absolute Gasteiger partial charge is 0.355 e. The lowest BCUT2D eigenvalue weighted by molar-refractivity contribution is 0.0688. The Morgan fingerprint density at radius 1 is 1.18 bits per heavy atom. The van der Waals surface area contributed by atoms with Crippen molar-refractivity contribution >= 4 is 52.3 Å². The van der Waals surface area contributed by atoms with E-state index in [1.165, 1.54) is 16.0 Å². The summed E-state index contributed by atoms with van der Waals surface area (Å²) in [5.74, 6) is -1.10. The average molecular weight is 518 g/mol. The summed E-state index contributed by atoms with van der Waals surface area (Å²) in [5.41, 5.74) is 5.30. The monoisotopic (exact) mass is 517 g/mol. The Labute approximate surface area is 207 Å². The molecule has 10 heteroatoms. The number of fused-ring (bicyclic) bond motifs is 3. The maximum Gasteiger partial charge on any atom is 0.355 e. The molecule has 1 aliphatic heterocycles. The Morgan fingerprint density at radius 3 is 2.55 bits per heavy atom. The fraction of sp³-hybridized carbons (Fsp3) is 0.174. The summed E-state index contributed by atoms with van der Waals surface area (Å²) in [5, 5.41) is 25.5. The molecule has 168 valence electrons. The van der Waals surface area contributed by atoms with E-state index >= 15 is 0 Å². The maximum absolute atomic E-state index is 12.3. The third-order valence-electron chi connectivity index (χ3n) is 5.52. The van der Waals surface area contributed by atoms with Crippen LogP contribution in [0.1, 0.15) is 39.5 Å². The first-order valence-corrected chi connectivity index (χ1v) is 12.4. The molecule has 1 atom stereocenters. The quantitative estimate of drug-likeness (QED) is 0.315. The second-order valence-corrected chi connectivity index (χ2v) is 11.0. The van der Waals surface area contributed by atoms with E-state index in [1.807, 2.05) is 12.1 Å². The normalized spacial score (nSPS) is 14.8. The van der Waals surface area contributed by atoms with Crippen LogP contribution in [0.5, 0.6) is 0 Å². The number of aromatic nitrogens is 3. The van der Waals surface area contributed by atoms with Crippen molar-refractivity contribution in [3.8, 4) is 27.5 Å². The molecular weight excluding hydrogens is 501 g/mol.